The minimum absolute atomic E-state index is 0.236. The molecule has 2 heteroatoms. The van der Waals surface area contributed by atoms with Crippen molar-refractivity contribution in [2.24, 2.45) is 5.73 Å². The molecule has 1 spiro atoms. The number of ether oxygens (including phenoxy) is 1. The summed E-state index contributed by atoms with van der Waals surface area (Å²) >= 11 is 0. The second kappa shape index (κ2) is 2.21. The lowest BCUT2D eigenvalue weighted by Gasteiger charge is -2.21. The Morgan fingerprint density at radius 2 is 2.30 bits per heavy atom. The van der Waals surface area contributed by atoms with Crippen LogP contribution in [0.2, 0.25) is 0 Å². The average molecular weight is 141 g/mol. The predicted molar refractivity (Wildman–Crippen MR) is 39.7 cm³/mol. The topological polar surface area (TPSA) is 35.2 Å². The molecule has 0 amide bonds. The summed E-state index contributed by atoms with van der Waals surface area (Å²) < 4.78 is 5.69. The van der Waals surface area contributed by atoms with Gasteiger partial charge in [0, 0.05) is 12.6 Å². The van der Waals surface area contributed by atoms with Crippen molar-refractivity contribution in [1.82, 2.24) is 0 Å². The molecule has 1 aliphatic carbocycles. The molecular formula is C8H15NO. The van der Waals surface area contributed by atoms with Crippen molar-refractivity contribution in [2.45, 2.75) is 43.7 Å². The molecule has 2 nitrogen and oxygen atoms in total. The molecule has 0 bridgehead atoms. The van der Waals surface area contributed by atoms with Gasteiger partial charge in [0.05, 0.1) is 5.60 Å². The minimum atomic E-state index is 0.236. The van der Waals surface area contributed by atoms with Crippen LogP contribution in [0, 0.1) is 0 Å². The highest BCUT2D eigenvalue weighted by Gasteiger charge is 2.40. The van der Waals surface area contributed by atoms with E-state index in [1.807, 2.05) is 0 Å². The maximum Gasteiger partial charge on any atom is 0.0698 e. The van der Waals surface area contributed by atoms with Crippen LogP contribution < -0.4 is 5.73 Å². The Hall–Kier alpha value is -0.0800. The van der Waals surface area contributed by atoms with Crippen LogP contribution in [0.4, 0.5) is 0 Å². The summed E-state index contributed by atoms with van der Waals surface area (Å²) in [6, 6.07) is 0.415. The Morgan fingerprint density at radius 3 is 2.80 bits per heavy atom. The zero-order valence-electron chi connectivity index (χ0n) is 6.31. The molecule has 0 aromatic carbocycles. The third-order valence-electron chi connectivity index (χ3n) is 2.79. The smallest absolute Gasteiger partial charge is 0.0698 e. The SMILES string of the molecule is N[C@H]1CC[C@@]2(CCCO2)C1. The van der Waals surface area contributed by atoms with Crippen molar-refractivity contribution in [3.05, 3.63) is 0 Å². The second-order valence-electron chi connectivity index (χ2n) is 3.64. The molecule has 2 N–H and O–H groups in total. The molecule has 0 unspecified atom stereocenters. The molecule has 1 heterocycles. The van der Waals surface area contributed by atoms with Crippen LogP contribution in [0.5, 0.6) is 0 Å². The zero-order valence-corrected chi connectivity index (χ0v) is 6.31. The summed E-state index contributed by atoms with van der Waals surface area (Å²) in [7, 11) is 0. The van der Waals surface area contributed by atoms with Crippen molar-refractivity contribution in [1.29, 1.82) is 0 Å². The third kappa shape index (κ3) is 0.956. The molecule has 2 aliphatic rings. The van der Waals surface area contributed by atoms with Crippen molar-refractivity contribution in [3.63, 3.8) is 0 Å². The molecule has 1 saturated heterocycles. The van der Waals surface area contributed by atoms with E-state index in [1.54, 1.807) is 0 Å². The Balaban J connectivity index is 2.03. The summed E-state index contributed by atoms with van der Waals surface area (Å²) in [5.41, 5.74) is 6.04. The van der Waals surface area contributed by atoms with Gasteiger partial charge in [0.1, 0.15) is 0 Å². The van der Waals surface area contributed by atoms with Crippen LogP contribution in [-0.2, 0) is 4.74 Å². The summed E-state index contributed by atoms with van der Waals surface area (Å²) in [6.07, 6.45) is 5.97. The maximum absolute atomic E-state index is 5.81. The molecule has 10 heavy (non-hydrogen) atoms. The van der Waals surface area contributed by atoms with E-state index in [2.05, 4.69) is 0 Å². The van der Waals surface area contributed by atoms with Crippen molar-refractivity contribution >= 4 is 0 Å². The number of rotatable bonds is 0. The van der Waals surface area contributed by atoms with Gasteiger partial charge in [-0.15, -0.1) is 0 Å². The Labute approximate surface area is 61.7 Å². The van der Waals surface area contributed by atoms with Crippen molar-refractivity contribution in [3.8, 4) is 0 Å². The predicted octanol–water partition coefficient (Wildman–Crippen LogP) is 1.05. The van der Waals surface area contributed by atoms with Gasteiger partial charge in [-0.25, -0.2) is 0 Å². The fourth-order valence-corrected chi connectivity index (χ4v) is 2.24. The fraction of sp³-hybridized carbons (Fsp3) is 1.00. The molecule has 2 rings (SSSR count). The highest BCUT2D eigenvalue weighted by Crippen LogP contribution is 2.40. The largest absolute Gasteiger partial charge is 0.375 e. The molecule has 1 saturated carbocycles. The molecule has 1 aliphatic heterocycles. The van der Waals surface area contributed by atoms with Gasteiger partial charge in [-0.2, -0.15) is 0 Å². The lowest BCUT2D eigenvalue weighted by atomic mass is 9.98. The van der Waals surface area contributed by atoms with Crippen LogP contribution in [0.25, 0.3) is 0 Å². The first kappa shape index (κ1) is 6.62. The van der Waals surface area contributed by atoms with Crippen LogP contribution >= 0.6 is 0 Å². The van der Waals surface area contributed by atoms with Gasteiger partial charge < -0.3 is 10.5 Å². The van der Waals surface area contributed by atoms with E-state index in [1.165, 1.54) is 25.7 Å². The first-order valence-electron chi connectivity index (χ1n) is 4.20. The van der Waals surface area contributed by atoms with Crippen molar-refractivity contribution < 1.29 is 4.74 Å². The quantitative estimate of drug-likeness (QED) is 0.547. The van der Waals surface area contributed by atoms with Gasteiger partial charge in [-0.3, -0.25) is 0 Å². The molecule has 58 valence electrons. The molecule has 2 atom stereocenters. The lowest BCUT2D eigenvalue weighted by molar-refractivity contribution is 0.00950. The summed E-state index contributed by atoms with van der Waals surface area (Å²) in [5.74, 6) is 0. The second-order valence-corrected chi connectivity index (χ2v) is 3.64. The summed E-state index contributed by atoms with van der Waals surface area (Å²) in [6.45, 7) is 0.965. The minimum Gasteiger partial charge on any atom is -0.375 e. The first-order valence-corrected chi connectivity index (χ1v) is 4.20. The van der Waals surface area contributed by atoms with Crippen LogP contribution in [0.3, 0.4) is 0 Å². The Kier molecular flexibility index (Phi) is 1.46. The average Bonchev–Trinajstić information content (AvgIpc) is 2.46. The van der Waals surface area contributed by atoms with Gasteiger partial charge in [-0.05, 0) is 32.1 Å². The van der Waals surface area contributed by atoms with E-state index in [9.17, 15) is 0 Å². The van der Waals surface area contributed by atoms with Crippen LogP contribution in [0.15, 0.2) is 0 Å². The number of hydrogen-bond donors (Lipinski definition) is 1. The van der Waals surface area contributed by atoms with Crippen LogP contribution in [0.1, 0.15) is 32.1 Å². The Bertz CT molecular complexity index is 129. The van der Waals surface area contributed by atoms with Gasteiger partial charge in [0.2, 0.25) is 0 Å². The summed E-state index contributed by atoms with van der Waals surface area (Å²) in [5, 5.41) is 0. The van der Waals surface area contributed by atoms with E-state index >= 15 is 0 Å². The molecule has 0 radical (unpaired) electrons. The molecule has 0 aromatic rings. The number of nitrogens with two attached hydrogens (primary N) is 1. The van der Waals surface area contributed by atoms with Crippen molar-refractivity contribution in [2.75, 3.05) is 6.61 Å². The van der Waals surface area contributed by atoms with Crippen LogP contribution in [-0.4, -0.2) is 18.2 Å². The van der Waals surface area contributed by atoms with E-state index in [-0.39, 0.29) is 5.60 Å². The molecular weight excluding hydrogens is 126 g/mol. The van der Waals surface area contributed by atoms with E-state index in [4.69, 9.17) is 10.5 Å². The fourth-order valence-electron chi connectivity index (χ4n) is 2.24. The molecule has 2 fully saturated rings. The molecule has 0 aromatic heterocycles. The lowest BCUT2D eigenvalue weighted by Crippen LogP contribution is -2.26. The Morgan fingerprint density at radius 1 is 1.40 bits per heavy atom. The van der Waals surface area contributed by atoms with E-state index in [0.717, 1.165) is 13.0 Å². The maximum atomic E-state index is 5.81. The standard InChI is InChI=1S/C8H15NO/c9-7-2-4-8(6-7)3-1-5-10-8/h7H,1-6,9H2/t7-,8-/m0/s1. The van der Waals surface area contributed by atoms with E-state index < -0.39 is 0 Å². The van der Waals surface area contributed by atoms with E-state index in [0.29, 0.717) is 6.04 Å². The summed E-state index contributed by atoms with van der Waals surface area (Å²) in [4.78, 5) is 0. The highest BCUT2D eigenvalue weighted by molar-refractivity contribution is 4.95. The zero-order chi connectivity index (χ0) is 7.03. The number of hydrogen-bond acceptors (Lipinski definition) is 2. The first-order chi connectivity index (χ1) is 4.81. The monoisotopic (exact) mass is 141 g/mol. The normalized spacial score (nSPS) is 47.1. The highest BCUT2D eigenvalue weighted by atomic mass is 16.5. The third-order valence-corrected chi connectivity index (χ3v) is 2.79. The van der Waals surface area contributed by atoms with Gasteiger partial charge in [0.15, 0.2) is 0 Å². The van der Waals surface area contributed by atoms with Gasteiger partial charge in [-0.1, -0.05) is 0 Å². The van der Waals surface area contributed by atoms with Gasteiger partial charge >= 0.3 is 0 Å². The van der Waals surface area contributed by atoms with Gasteiger partial charge in [0.25, 0.3) is 0 Å².